The zero-order chi connectivity index (χ0) is 28.1. The van der Waals surface area contributed by atoms with Crippen molar-refractivity contribution in [3.05, 3.63) is 66.4 Å². The third-order valence-electron chi connectivity index (χ3n) is 6.39. The number of carbonyl (C=O) groups excluding carboxylic acids is 1. The van der Waals surface area contributed by atoms with E-state index in [2.05, 4.69) is 5.32 Å². The Balaban J connectivity index is 1.94. The van der Waals surface area contributed by atoms with E-state index >= 15 is 0 Å². The molecule has 0 aliphatic carbocycles. The largest absolute Gasteiger partial charge is 0.464 e. The number of hydrogen-bond donors (Lipinski definition) is 2. The summed E-state index contributed by atoms with van der Waals surface area (Å²) in [7, 11) is -7.57. The Labute approximate surface area is 224 Å². The smallest absolute Gasteiger partial charge is 0.245 e. The Morgan fingerprint density at radius 3 is 2.37 bits per heavy atom. The summed E-state index contributed by atoms with van der Waals surface area (Å²) in [5.74, 6) is -0.608. The minimum atomic E-state index is -4.18. The number of sulfonamides is 1. The first-order valence-corrected chi connectivity index (χ1v) is 15.8. The molecule has 208 valence electrons. The highest BCUT2D eigenvalue weighted by atomic mass is 32.2. The first-order valence-electron chi connectivity index (χ1n) is 12.4. The quantitative estimate of drug-likeness (QED) is 0.304. The van der Waals surface area contributed by atoms with Crippen LogP contribution in [0.2, 0.25) is 0 Å². The van der Waals surface area contributed by atoms with E-state index in [0.29, 0.717) is 11.0 Å². The second-order valence-electron chi connectivity index (χ2n) is 10.1. The highest BCUT2D eigenvalue weighted by Gasteiger charge is 2.43. The van der Waals surface area contributed by atoms with Crippen molar-refractivity contribution in [1.29, 1.82) is 0 Å². The number of nitrogens with one attached hydrogen (secondary N) is 1. The van der Waals surface area contributed by atoms with Crippen LogP contribution in [-0.2, 0) is 31.1 Å². The van der Waals surface area contributed by atoms with Crippen molar-refractivity contribution in [3.63, 3.8) is 0 Å². The van der Waals surface area contributed by atoms with Crippen LogP contribution in [0.3, 0.4) is 0 Å². The zero-order valence-corrected chi connectivity index (χ0v) is 23.8. The van der Waals surface area contributed by atoms with Crippen molar-refractivity contribution in [2.45, 2.75) is 55.9 Å². The molecular weight excluding hydrogens is 528 g/mol. The molecule has 0 radical (unpaired) electrons. The van der Waals surface area contributed by atoms with Crippen molar-refractivity contribution in [1.82, 2.24) is 9.62 Å². The topological polar surface area (TPSA) is 134 Å². The lowest BCUT2D eigenvalue weighted by Gasteiger charge is -2.40. The maximum Gasteiger partial charge on any atom is 0.245 e. The zero-order valence-electron chi connectivity index (χ0n) is 22.1. The molecule has 0 spiro atoms. The fraction of sp³-hybridized carbons (Fsp3) is 0.444. The SMILES string of the molecule is CC(C)CN(C(O)(CCNC(=O)CC(C)S(C)(=O)=O)Cc1ccccc1)S(=O)(=O)c1ccc2occc2c1. The van der Waals surface area contributed by atoms with E-state index in [9.17, 15) is 26.7 Å². The summed E-state index contributed by atoms with van der Waals surface area (Å²) in [6.07, 6.45) is 2.20. The highest BCUT2D eigenvalue weighted by Crippen LogP contribution is 2.31. The van der Waals surface area contributed by atoms with Gasteiger partial charge in [0.05, 0.1) is 16.4 Å². The number of carbonyl (C=O) groups is 1. The van der Waals surface area contributed by atoms with E-state index in [0.717, 1.165) is 16.1 Å². The number of benzene rings is 2. The fourth-order valence-electron chi connectivity index (χ4n) is 4.17. The summed E-state index contributed by atoms with van der Waals surface area (Å²) in [6, 6.07) is 15.2. The molecule has 3 aromatic rings. The van der Waals surface area contributed by atoms with Crippen molar-refractivity contribution in [2.75, 3.05) is 19.3 Å². The Kier molecular flexibility index (Phi) is 9.40. The van der Waals surface area contributed by atoms with E-state index < -0.39 is 36.7 Å². The molecule has 3 rings (SSSR count). The van der Waals surface area contributed by atoms with Gasteiger partial charge in [-0.25, -0.2) is 16.8 Å². The van der Waals surface area contributed by atoms with Crippen LogP contribution in [0, 0.1) is 5.92 Å². The standard InChI is InChI=1S/C27H36N2O7S2/c1-20(2)19-29(38(34,35)24-10-11-25-23(17-24)12-15-36-25)27(31,18-22-8-6-5-7-9-22)13-14-28-26(30)16-21(3)37(4,32)33/h5-12,15,17,20-21,31H,13-14,16,18-19H2,1-4H3,(H,28,30). The monoisotopic (exact) mass is 564 g/mol. The molecule has 9 nitrogen and oxygen atoms in total. The molecule has 1 heterocycles. The number of amides is 1. The summed E-state index contributed by atoms with van der Waals surface area (Å²) in [5.41, 5.74) is -0.614. The van der Waals surface area contributed by atoms with Gasteiger partial charge < -0.3 is 14.8 Å². The van der Waals surface area contributed by atoms with Crippen LogP contribution in [0.1, 0.15) is 39.2 Å². The molecular formula is C27H36N2O7S2. The molecule has 38 heavy (non-hydrogen) atoms. The Morgan fingerprint density at radius 1 is 1.05 bits per heavy atom. The first-order chi connectivity index (χ1) is 17.7. The van der Waals surface area contributed by atoms with Gasteiger partial charge in [-0.1, -0.05) is 44.2 Å². The summed E-state index contributed by atoms with van der Waals surface area (Å²) >= 11 is 0. The van der Waals surface area contributed by atoms with E-state index in [1.165, 1.54) is 25.3 Å². The fourth-order valence-corrected chi connectivity index (χ4v) is 6.49. The molecule has 2 unspecified atom stereocenters. The second kappa shape index (κ2) is 12.0. The summed E-state index contributed by atoms with van der Waals surface area (Å²) in [4.78, 5) is 12.4. The number of nitrogens with zero attached hydrogens (tertiary/aromatic N) is 1. The third kappa shape index (κ3) is 7.43. The molecule has 11 heteroatoms. The van der Waals surface area contributed by atoms with Crippen molar-refractivity contribution < 1.29 is 31.2 Å². The molecule has 1 amide bonds. The van der Waals surface area contributed by atoms with E-state index in [4.69, 9.17) is 4.42 Å². The Bertz CT molecular complexity index is 1450. The molecule has 0 saturated carbocycles. The van der Waals surface area contributed by atoms with Gasteiger partial charge in [-0.3, -0.25) is 4.79 Å². The van der Waals surface area contributed by atoms with Crippen molar-refractivity contribution in [3.8, 4) is 0 Å². The lowest BCUT2D eigenvalue weighted by atomic mass is 9.98. The molecule has 0 aliphatic rings. The van der Waals surface area contributed by atoms with Gasteiger partial charge in [-0.15, -0.1) is 0 Å². The normalized spacial score (nSPS) is 15.0. The highest BCUT2D eigenvalue weighted by molar-refractivity contribution is 7.91. The number of fused-ring (bicyclic) bond motifs is 1. The molecule has 0 fully saturated rings. The van der Waals surface area contributed by atoms with Gasteiger partial charge in [-0.05, 0) is 42.7 Å². The lowest BCUT2D eigenvalue weighted by Crippen LogP contribution is -2.55. The van der Waals surface area contributed by atoms with Gasteiger partial charge in [-0.2, -0.15) is 4.31 Å². The van der Waals surface area contributed by atoms with Crippen molar-refractivity contribution >= 4 is 36.7 Å². The number of rotatable bonds is 13. The minimum Gasteiger partial charge on any atom is -0.464 e. The van der Waals surface area contributed by atoms with E-state index in [-0.39, 0.29) is 43.2 Å². The second-order valence-corrected chi connectivity index (χ2v) is 14.5. The van der Waals surface area contributed by atoms with E-state index in [1.54, 1.807) is 36.4 Å². The van der Waals surface area contributed by atoms with Crippen LogP contribution in [-0.4, -0.2) is 62.5 Å². The molecule has 2 N–H and O–H groups in total. The number of furan rings is 1. The minimum absolute atomic E-state index is 0.0106. The van der Waals surface area contributed by atoms with Crippen LogP contribution < -0.4 is 5.32 Å². The van der Waals surface area contributed by atoms with Gasteiger partial charge in [0, 0.05) is 44.0 Å². The van der Waals surface area contributed by atoms with Crippen LogP contribution in [0.15, 0.2) is 70.2 Å². The number of aliphatic hydroxyl groups is 1. The van der Waals surface area contributed by atoms with Crippen LogP contribution in [0.4, 0.5) is 0 Å². The Hall–Kier alpha value is -2.73. The number of sulfone groups is 1. The van der Waals surface area contributed by atoms with Crippen LogP contribution in [0.5, 0.6) is 0 Å². The van der Waals surface area contributed by atoms with Crippen LogP contribution >= 0.6 is 0 Å². The molecule has 0 saturated heterocycles. The third-order valence-corrected chi connectivity index (χ3v) is 9.94. The molecule has 1 aromatic heterocycles. The molecule has 0 aliphatic heterocycles. The van der Waals surface area contributed by atoms with Gasteiger partial charge in [0.2, 0.25) is 15.9 Å². The summed E-state index contributed by atoms with van der Waals surface area (Å²) < 4.78 is 57.9. The van der Waals surface area contributed by atoms with E-state index in [1.807, 2.05) is 19.9 Å². The lowest BCUT2D eigenvalue weighted by molar-refractivity contribution is -0.121. The van der Waals surface area contributed by atoms with Gasteiger partial charge in [0.15, 0.2) is 9.84 Å². The number of hydrogen-bond acceptors (Lipinski definition) is 7. The Morgan fingerprint density at radius 2 is 1.74 bits per heavy atom. The first kappa shape index (κ1) is 29.8. The molecule has 2 atom stereocenters. The maximum absolute atomic E-state index is 14.0. The molecule has 2 aromatic carbocycles. The van der Waals surface area contributed by atoms with Gasteiger partial charge >= 0.3 is 0 Å². The predicted octanol–water partition coefficient (Wildman–Crippen LogP) is 3.34. The average molecular weight is 565 g/mol. The maximum atomic E-state index is 14.0. The summed E-state index contributed by atoms with van der Waals surface area (Å²) in [5, 5.41) is 14.5. The predicted molar refractivity (Wildman–Crippen MR) is 147 cm³/mol. The van der Waals surface area contributed by atoms with Crippen molar-refractivity contribution in [2.24, 2.45) is 5.92 Å². The summed E-state index contributed by atoms with van der Waals surface area (Å²) in [6.45, 7) is 5.16. The average Bonchev–Trinajstić information content (AvgIpc) is 3.30. The molecule has 0 bridgehead atoms. The van der Waals surface area contributed by atoms with Gasteiger partial charge in [0.1, 0.15) is 11.3 Å². The van der Waals surface area contributed by atoms with Gasteiger partial charge in [0.25, 0.3) is 0 Å². The van der Waals surface area contributed by atoms with Crippen LogP contribution in [0.25, 0.3) is 11.0 Å².